The number of hydrogen-bond acceptors (Lipinski definition) is 3. The van der Waals surface area contributed by atoms with Crippen LogP contribution in [-0.2, 0) is 22.3 Å². The first-order valence-electron chi connectivity index (χ1n) is 7.12. The molecule has 0 aliphatic carbocycles. The SMILES string of the molecule is CCNCc1cccc(CS(=O)(=O)NC(C)C(C)C)c1. The smallest absolute Gasteiger partial charge is 0.216 e. The van der Waals surface area contributed by atoms with Crippen molar-refractivity contribution in [3.05, 3.63) is 35.4 Å². The second-order valence-electron chi connectivity index (χ2n) is 5.51. The monoisotopic (exact) mass is 298 g/mol. The number of nitrogens with one attached hydrogen (secondary N) is 2. The minimum absolute atomic E-state index is 0.0318. The summed E-state index contributed by atoms with van der Waals surface area (Å²) in [5, 5.41) is 3.24. The molecule has 0 saturated heterocycles. The van der Waals surface area contributed by atoms with Crippen molar-refractivity contribution in [1.82, 2.24) is 10.0 Å². The zero-order valence-corrected chi connectivity index (χ0v) is 13.6. The van der Waals surface area contributed by atoms with Gasteiger partial charge in [-0.2, -0.15) is 0 Å². The molecular weight excluding hydrogens is 272 g/mol. The van der Waals surface area contributed by atoms with E-state index in [9.17, 15) is 8.42 Å². The van der Waals surface area contributed by atoms with E-state index >= 15 is 0 Å². The molecule has 1 aromatic rings. The Hall–Kier alpha value is -0.910. The molecule has 0 radical (unpaired) electrons. The van der Waals surface area contributed by atoms with Crippen LogP contribution in [0.2, 0.25) is 0 Å². The lowest BCUT2D eigenvalue weighted by Gasteiger charge is -2.17. The van der Waals surface area contributed by atoms with Gasteiger partial charge in [0.2, 0.25) is 10.0 Å². The van der Waals surface area contributed by atoms with Gasteiger partial charge in [0, 0.05) is 12.6 Å². The van der Waals surface area contributed by atoms with E-state index in [4.69, 9.17) is 0 Å². The van der Waals surface area contributed by atoms with Crippen LogP contribution in [-0.4, -0.2) is 21.0 Å². The summed E-state index contributed by atoms with van der Waals surface area (Å²) in [4.78, 5) is 0. The van der Waals surface area contributed by atoms with E-state index in [1.54, 1.807) is 0 Å². The Balaban J connectivity index is 2.72. The summed E-state index contributed by atoms with van der Waals surface area (Å²) in [5.74, 6) is 0.314. The molecule has 1 rings (SSSR count). The molecule has 1 aromatic carbocycles. The molecule has 114 valence electrons. The van der Waals surface area contributed by atoms with Crippen LogP contribution in [0.5, 0.6) is 0 Å². The highest BCUT2D eigenvalue weighted by Gasteiger charge is 2.17. The van der Waals surface area contributed by atoms with Crippen molar-refractivity contribution in [2.45, 2.75) is 46.0 Å². The highest BCUT2D eigenvalue weighted by atomic mass is 32.2. The van der Waals surface area contributed by atoms with Crippen LogP contribution in [0.1, 0.15) is 38.8 Å². The van der Waals surface area contributed by atoms with E-state index in [2.05, 4.69) is 10.0 Å². The Kier molecular flexibility index (Phi) is 6.65. The summed E-state index contributed by atoms with van der Waals surface area (Å²) in [6, 6.07) is 7.66. The van der Waals surface area contributed by atoms with Crippen molar-refractivity contribution < 1.29 is 8.42 Å². The van der Waals surface area contributed by atoms with Crippen molar-refractivity contribution in [1.29, 1.82) is 0 Å². The molecule has 0 aliphatic rings. The maximum absolute atomic E-state index is 12.1. The van der Waals surface area contributed by atoms with Crippen LogP contribution in [0.3, 0.4) is 0 Å². The maximum Gasteiger partial charge on any atom is 0.216 e. The average Bonchev–Trinajstić information content (AvgIpc) is 2.35. The van der Waals surface area contributed by atoms with Crippen LogP contribution in [0.25, 0.3) is 0 Å². The largest absolute Gasteiger partial charge is 0.313 e. The first-order chi connectivity index (χ1) is 9.34. The fraction of sp³-hybridized carbons (Fsp3) is 0.600. The second kappa shape index (κ2) is 7.76. The van der Waals surface area contributed by atoms with Crippen molar-refractivity contribution in [3.8, 4) is 0 Å². The normalized spacial score (nSPS) is 13.7. The van der Waals surface area contributed by atoms with Gasteiger partial charge >= 0.3 is 0 Å². The van der Waals surface area contributed by atoms with E-state index in [1.807, 2.05) is 52.0 Å². The third-order valence-corrected chi connectivity index (χ3v) is 4.74. The number of rotatable bonds is 8. The minimum atomic E-state index is -3.29. The lowest BCUT2D eigenvalue weighted by Crippen LogP contribution is -2.36. The quantitative estimate of drug-likeness (QED) is 0.774. The van der Waals surface area contributed by atoms with E-state index in [-0.39, 0.29) is 17.7 Å². The Bertz CT molecular complexity index is 512. The zero-order valence-electron chi connectivity index (χ0n) is 12.8. The number of sulfonamides is 1. The molecule has 20 heavy (non-hydrogen) atoms. The molecule has 0 bridgehead atoms. The van der Waals surface area contributed by atoms with Crippen LogP contribution >= 0.6 is 0 Å². The van der Waals surface area contributed by atoms with E-state index in [0.717, 1.165) is 24.2 Å². The molecule has 0 saturated carbocycles. The first-order valence-corrected chi connectivity index (χ1v) is 8.78. The van der Waals surface area contributed by atoms with E-state index in [0.29, 0.717) is 0 Å². The van der Waals surface area contributed by atoms with Crippen LogP contribution in [0.4, 0.5) is 0 Å². The number of benzene rings is 1. The van der Waals surface area contributed by atoms with Gasteiger partial charge in [-0.1, -0.05) is 45.0 Å². The third-order valence-electron chi connectivity index (χ3n) is 3.29. The van der Waals surface area contributed by atoms with Crippen molar-refractivity contribution >= 4 is 10.0 Å². The summed E-state index contributed by atoms with van der Waals surface area (Å²) in [6.07, 6.45) is 0. The standard InChI is InChI=1S/C15H26N2O2S/c1-5-16-10-14-7-6-8-15(9-14)11-20(18,19)17-13(4)12(2)3/h6-9,12-13,16-17H,5,10-11H2,1-4H3. The van der Waals surface area contributed by atoms with Gasteiger partial charge < -0.3 is 5.32 Å². The van der Waals surface area contributed by atoms with Gasteiger partial charge in [-0.05, 0) is 30.5 Å². The molecule has 2 N–H and O–H groups in total. The van der Waals surface area contributed by atoms with E-state index in [1.165, 1.54) is 0 Å². The van der Waals surface area contributed by atoms with Crippen molar-refractivity contribution in [2.24, 2.45) is 5.92 Å². The number of hydrogen-bond donors (Lipinski definition) is 2. The lowest BCUT2D eigenvalue weighted by atomic mass is 10.1. The van der Waals surface area contributed by atoms with Gasteiger partial charge in [0.05, 0.1) is 5.75 Å². The molecule has 0 heterocycles. The summed E-state index contributed by atoms with van der Waals surface area (Å²) in [7, 11) is -3.29. The van der Waals surface area contributed by atoms with Gasteiger partial charge in [-0.3, -0.25) is 0 Å². The van der Waals surface area contributed by atoms with Crippen molar-refractivity contribution in [2.75, 3.05) is 6.54 Å². The van der Waals surface area contributed by atoms with Crippen molar-refractivity contribution in [3.63, 3.8) is 0 Å². The van der Waals surface area contributed by atoms with Crippen LogP contribution in [0, 0.1) is 5.92 Å². The summed E-state index contributed by atoms with van der Waals surface area (Å²) < 4.78 is 27.0. The first kappa shape index (κ1) is 17.1. The van der Waals surface area contributed by atoms with E-state index < -0.39 is 10.0 Å². The molecule has 0 amide bonds. The molecule has 1 atom stereocenters. The van der Waals surface area contributed by atoms with Gasteiger partial charge in [0.1, 0.15) is 0 Å². The molecule has 5 heteroatoms. The maximum atomic E-state index is 12.1. The Labute approximate surface area is 123 Å². The predicted octanol–water partition coefficient (Wildman–Crippen LogP) is 2.26. The average molecular weight is 298 g/mol. The highest BCUT2D eigenvalue weighted by molar-refractivity contribution is 7.88. The summed E-state index contributed by atoms with van der Waals surface area (Å²) >= 11 is 0. The second-order valence-corrected chi connectivity index (χ2v) is 7.26. The van der Waals surface area contributed by atoms with Gasteiger partial charge in [-0.25, -0.2) is 13.1 Å². The topological polar surface area (TPSA) is 58.2 Å². The molecule has 0 aromatic heterocycles. The molecule has 0 aliphatic heterocycles. The summed E-state index contributed by atoms with van der Waals surface area (Å²) in [6.45, 7) is 9.61. The molecule has 0 fully saturated rings. The van der Waals surface area contributed by atoms with Gasteiger partial charge in [-0.15, -0.1) is 0 Å². The Morgan fingerprint density at radius 3 is 2.40 bits per heavy atom. The minimum Gasteiger partial charge on any atom is -0.313 e. The summed E-state index contributed by atoms with van der Waals surface area (Å²) in [5.41, 5.74) is 1.93. The molecular formula is C15H26N2O2S. The molecule has 4 nitrogen and oxygen atoms in total. The zero-order chi connectivity index (χ0) is 15.2. The Morgan fingerprint density at radius 1 is 1.15 bits per heavy atom. The van der Waals surface area contributed by atoms with Gasteiger partial charge in [0.15, 0.2) is 0 Å². The molecule has 1 unspecified atom stereocenters. The lowest BCUT2D eigenvalue weighted by molar-refractivity contribution is 0.476. The fourth-order valence-electron chi connectivity index (χ4n) is 1.78. The Morgan fingerprint density at radius 2 is 1.80 bits per heavy atom. The van der Waals surface area contributed by atoms with Crippen LogP contribution < -0.4 is 10.0 Å². The van der Waals surface area contributed by atoms with Crippen LogP contribution in [0.15, 0.2) is 24.3 Å². The fourth-order valence-corrected chi connectivity index (χ4v) is 3.32. The third kappa shape index (κ3) is 6.03. The molecule has 0 spiro atoms. The predicted molar refractivity (Wildman–Crippen MR) is 83.9 cm³/mol. The highest BCUT2D eigenvalue weighted by Crippen LogP contribution is 2.10. The van der Waals surface area contributed by atoms with Gasteiger partial charge in [0.25, 0.3) is 0 Å².